The Morgan fingerprint density at radius 3 is 2.53 bits per heavy atom. The lowest BCUT2D eigenvalue weighted by Gasteiger charge is -2.17. The monoisotopic (exact) mass is 211 g/mol. The van der Waals surface area contributed by atoms with Crippen LogP contribution in [0.25, 0.3) is 0 Å². The standard InChI is InChI=1S/C11H21N3O/c1-8(2)13-11(15)7-14-5-9-3-12-4-10(9)6-14/h8-10,12H,3-7H2,1-2H3,(H,13,15). The molecule has 1 amide bonds. The molecule has 2 atom stereocenters. The van der Waals surface area contributed by atoms with Gasteiger partial charge in [-0.1, -0.05) is 0 Å². The van der Waals surface area contributed by atoms with Crippen LogP contribution in [0.4, 0.5) is 0 Å². The maximum Gasteiger partial charge on any atom is 0.234 e. The average molecular weight is 211 g/mol. The summed E-state index contributed by atoms with van der Waals surface area (Å²) in [5.41, 5.74) is 0. The molecule has 2 N–H and O–H groups in total. The Morgan fingerprint density at radius 2 is 2.00 bits per heavy atom. The van der Waals surface area contributed by atoms with Gasteiger partial charge in [0.05, 0.1) is 6.54 Å². The molecule has 0 aliphatic carbocycles. The van der Waals surface area contributed by atoms with Crippen LogP contribution in [0.3, 0.4) is 0 Å². The number of amides is 1. The number of carbonyl (C=O) groups is 1. The minimum absolute atomic E-state index is 0.165. The van der Waals surface area contributed by atoms with Crippen molar-refractivity contribution in [2.24, 2.45) is 11.8 Å². The van der Waals surface area contributed by atoms with Crippen LogP contribution in [0.5, 0.6) is 0 Å². The maximum atomic E-state index is 11.6. The quantitative estimate of drug-likeness (QED) is 0.671. The Morgan fingerprint density at radius 1 is 1.40 bits per heavy atom. The van der Waals surface area contributed by atoms with E-state index in [4.69, 9.17) is 0 Å². The molecule has 0 aromatic carbocycles. The molecule has 86 valence electrons. The van der Waals surface area contributed by atoms with E-state index in [9.17, 15) is 4.79 Å². The van der Waals surface area contributed by atoms with Crippen LogP contribution in [0.15, 0.2) is 0 Å². The van der Waals surface area contributed by atoms with Crippen molar-refractivity contribution < 1.29 is 4.79 Å². The Labute approximate surface area is 91.4 Å². The van der Waals surface area contributed by atoms with Crippen LogP contribution in [0.2, 0.25) is 0 Å². The third-order valence-corrected chi connectivity index (χ3v) is 3.28. The van der Waals surface area contributed by atoms with Gasteiger partial charge in [0, 0.05) is 19.1 Å². The second-order valence-corrected chi connectivity index (χ2v) is 5.09. The van der Waals surface area contributed by atoms with E-state index in [1.165, 1.54) is 0 Å². The predicted octanol–water partition coefficient (Wildman–Crippen LogP) is -0.338. The molecule has 4 nitrogen and oxygen atoms in total. The lowest BCUT2D eigenvalue weighted by atomic mass is 10.0. The molecule has 15 heavy (non-hydrogen) atoms. The van der Waals surface area contributed by atoms with Gasteiger partial charge in [0.25, 0.3) is 0 Å². The van der Waals surface area contributed by atoms with Crippen molar-refractivity contribution in [3.63, 3.8) is 0 Å². The van der Waals surface area contributed by atoms with Gasteiger partial charge in [0.15, 0.2) is 0 Å². The van der Waals surface area contributed by atoms with Crippen LogP contribution in [-0.2, 0) is 4.79 Å². The summed E-state index contributed by atoms with van der Waals surface area (Å²) in [5.74, 6) is 1.71. The fraction of sp³-hybridized carbons (Fsp3) is 0.909. The lowest BCUT2D eigenvalue weighted by molar-refractivity contribution is -0.122. The van der Waals surface area contributed by atoms with Crippen LogP contribution in [-0.4, -0.2) is 49.6 Å². The highest BCUT2D eigenvalue weighted by Crippen LogP contribution is 2.25. The number of likely N-dealkylation sites (tertiary alicyclic amines) is 1. The molecule has 2 unspecified atom stereocenters. The Bertz CT molecular complexity index is 230. The highest BCUT2D eigenvalue weighted by atomic mass is 16.2. The van der Waals surface area contributed by atoms with Crippen molar-refractivity contribution in [1.82, 2.24) is 15.5 Å². The summed E-state index contributed by atoms with van der Waals surface area (Å²) in [7, 11) is 0. The molecular formula is C11H21N3O. The molecule has 2 aliphatic heterocycles. The molecule has 0 aromatic rings. The summed E-state index contributed by atoms with van der Waals surface area (Å²) < 4.78 is 0. The second kappa shape index (κ2) is 4.49. The van der Waals surface area contributed by atoms with Gasteiger partial charge in [-0.05, 0) is 38.8 Å². The molecule has 0 spiro atoms. The molecule has 0 aromatic heterocycles. The minimum atomic E-state index is 0.165. The highest BCUT2D eigenvalue weighted by molar-refractivity contribution is 5.78. The molecule has 2 heterocycles. The summed E-state index contributed by atoms with van der Waals surface area (Å²) in [5, 5.41) is 6.34. The number of rotatable bonds is 3. The fourth-order valence-electron chi connectivity index (χ4n) is 2.65. The number of hydrogen-bond acceptors (Lipinski definition) is 3. The van der Waals surface area contributed by atoms with E-state index in [1.54, 1.807) is 0 Å². The van der Waals surface area contributed by atoms with Crippen molar-refractivity contribution in [2.45, 2.75) is 19.9 Å². The fourth-order valence-corrected chi connectivity index (χ4v) is 2.65. The van der Waals surface area contributed by atoms with Gasteiger partial charge in [-0.2, -0.15) is 0 Å². The highest BCUT2D eigenvalue weighted by Gasteiger charge is 2.36. The van der Waals surface area contributed by atoms with Crippen molar-refractivity contribution in [3.8, 4) is 0 Å². The number of nitrogens with one attached hydrogen (secondary N) is 2. The van der Waals surface area contributed by atoms with Crippen molar-refractivity contribution in [2.75, 3.05) is 32.7 Å². The Balaban J connectivity index is 1.75. The third-order valence-electron chi connectivity index (χ3n) is 3.28. The first-order chi connectivity index (χ1) is 7.15. The van der Waals surface area contributed by atoms with Crippen molar-refractivity contribution in [1.29, 1.82) is 0 Å². The predicted molar refractivity (Wildman–Crippen MR) is 59.6 cm³/mol. The molecule has 2 aliphatic rings. The first-order valence-corrected chi connectivity index (χ1v) is 5.87. The van der Waals surface area contributed by atoms with Gasteiger partial charge >= 0.3 is 0 Å². The van der Waals surface area contributed by atoms with E-state index in [2.05, 4.69) is 15.5 Å². The van der Waals surface area contributed by atoms with Gasteiger partial charge in [-0.25, -0.2) is 0 Å². The van der Waals surface area contributed by atoms with Crippen molar-refractivity contribution in [3.05, 3.63) is 0 Å². The van der Waals surface area contributed by atoms with Crippen LogP contribution >= 0.6 is 0 Å². The molecule has 0 saturated carbocycles. The van der Waals surface area contributed by atoms with E-state index in [0.29, 0.717) is 6.54 Å². The van der Waals surface area contributed by atoms with Gasteiger partial charge in [0.2, 0.25) is 5.91 Å². The van der Waals surface area contributed by atoms with Crippen LogP contribution in [0, 0.1) is 11.8 Å². The number of nitrogens with zero attached hydrogens (tertiary/aromatic N) is 1. The molecule has 0 radical (unpaired) electrons. The number of hydrogen-bond donors (Lipinski definition) is 2. The van der Waals surface area contributed by atoms with E-state index in [1.807, 2.05) is 13.8 Å². The largest absolute Gasteiger partial charge is 0.353 e. The Kier molecular flexibility index (Phi) is 3.26. The first kappa shape index (κ1) is 10.9. The topological polar surface area (TPSA) is 44.4 Å². The van der Waals surface area contributed by atoms with Crippen LogP contribution < -0.4 is 10.6 Å². The summed E-state index contributed by atoms with van der Waals surface area (Å²) >= 11 is 0. The number of fused-ring (bicyclic) bond motifs is 1. The normalized spacial score (nSPS) is 30.9. The van der Waals surface area contributed by atoms with E-state index < -0.39 is 0 Å². The lowest BCUT2D eigenvalue weighted by Crippen LogP contribution is -2.40. The zero-order valence-corrected chi connectivity index (χ0v) is 9.62. The summed E-state index contributed by atoms with van der Waals surface area (Å²) in [6, 6.07) is 0.251. The van der Waals surface area contributed by atoms with Gasteiger partial charge in [-0.15, -0.1) is 0 Å². The zero-order chi connectivity index (χ0) is 10.8. The van der Waals surface area contributed by atoms with E-state index in [-0.39, 0.29) is 11.9 Å². The van der Waals surface area contributed by atoms with Gasteiger partial charge < -0.3 is 10.6 Å². The minimum Gasteiger partial charge on any atom is -0.353 e. The molecular weight excluding hydrogens is 190 g/mol. The SMILES string of the molecule is CC(C)NC(=O)CN1CC2CNCC2C1. The molecule has 0 bridgehead atoms. The maximum absolute atomic E-state index is 11.6. The number of carbonyl (C=O) groups excluding carboxylic acids is 1. The van der Waals surface area contributed by atoms with Gasteiger partial charge in [0.1, 0.15) is 0 Å². The molecule has 4 heteroatoms. The molecule has 2 fully saturated rings. The Hall–Kier alpha value is -0.610. The smallest absolute Gasteiger partial charge is 0.234 e. The molecule has 2 rings (SSSR count). The van der Waals surface area contributed by atoms with Crippen molar-refractivity contribution >= 4 is 5.91 Å². The summed E-state index contributed by atoms with van der Waals surface area (Å²) in [4.78, 5) is 13.8. The van der Waals surface area contributed by atoms with E-state index in [0.717, 1.165) is 38.0 Å². The summed E-state index contributed by atoms with van der Waals surface area (Å²) in [6.45, 7) is 9.01. The first-order valence-electron chi connectivity index (χ1n) is 5.87. The third kappa shape index (κ3) is 2.69. The zero-order valence-electron chi connectivity index (χ0n) is 9.62. The van der Waals surface area contributed by atoms with E-state index >= 15 is 0 Å². The summed E-state index contributed by atoms with van der Waals surface area (Å²) in [6.07, 6.45) is 0. The molecule has 2 saturated heterocycles. The average Bonchev–Trinajstić information content (AvgIpc) is 2.60. The van der Waals surface area contributed by atoms with Gasteiger partial charge in [-0.3, -0.25) is 9.69 Å². The second-order valence-electron chi connectivity index (χ2n) is 5.09. The van der Waals surface area contributed by atoms with Crippen LogP contribution in [0.1, 0.15) is 13.8 Å².